The molecule has 110 valence electrons. The van der Waals surface area contributed by atoms with Gasteiger partial charge in [0.15, 0.2) is 0 Å². The van der Waals surface area contributed by atoms with Crippen molar-refractivity contribution < 1.29 is 4.79 Å². The first-order chi connectivity index (χ1) is 11.3. The van der Waals surface area contributed by atoms with Crippen LogP contribution in [0.15, 0.2) is 84.9 Å². The second-order valence-electron chi connectivity index (χ2n) is 5.01. The fraction of sp³-hybridized carbons (Fsp3) is 0. The van der Waals surface area contributed by atoms with Gasteiger partial charge >= 0.3 is 0 Å². The third-order valence-corrected chi connectivity index (χ3v) is 3.30. The lowest BCUT2D eigenvalue weighted by Crippen LogP contribution is -2.11. The summed E-state index contributed by atoms with van der Waals surface area (Å²) in [6.07, 6.45) is 0. The summed E-state index contributed by atoms with van der Waals surface area (Å²) in [7, 11) is 0. The lowest BCUT2D eigenvalue weighted by molar-refractivity contribution is 0.102. The van der Waals surface area contributed by atoms with E-state index in [1.54, 1.807) is 12.1 Å². The summed E-state index contributed by atoms with van der Waals surface area (Å²) in [5, 5.41) is 2.87. The fourth-order valence-electron chi connectivity index (χ4n) is 2.10. The topological polar surface area (TPSA) is 29.1 Å². The minimum absolute atomic E-state index is 0.117. The SMILES string of the molecule is O=C(Nc1ccc(C#Cc2ccccc2)cc1)c1ccccc1. The summed E-state index contributed by atoms with van der Waals surface area (Å²) in [5.74, 6) is 6.10. The number of amides is 1. The minimum Gasteiger partial charge on any atom is -0.322 e. The molecule has 2 nitrogen and oxygen atoms in total. The normalized spacial score (nSPS) is 9.57. The third-order valence-electron chi connectivity index (χ3n) is 3.30. The Morgan fingerprint density at radius 2 is 1.17 bits per heavy atom. The van der Waals surface area contributed by atoms with Gasteiger partial charge in [0.05, 0.1) is 0 Å². The van der Waals surface area contributed by atoms with Crippen LogP contribution in [0.3, 0.4) is 0 Å². The number of rotatable bonds is 2. The molecule has 3 rings (SSSR count). The maximum atomic E-state index is 12.1. The molecule has 1 amide bonds. The van der Waals surface area contributed by atoms with Crippen molar-refractivity contribution in [2.75, 3.05) is 5.32 Å². The van der Waals surface area contributed by atoms with Crippen LogP contribution in [-0.4, -0.2) is 5.91 Å². The molecule has 0 saturated carbocycles. The van der Waals surface area contributed by atoms with Crippen molar-refractivity contribution >= 4 is 11.6 Å². The first-order valence-electron chi connectivity index (χ1n) is 7.35. The van der Waals surface area contributed by atoms with Crippen LogP contribution in [-0.2, 0) is 0 Å². The van der Waals surface area contributed by atoms with Crippen molar-refractivity contribution in [3.8, 4) is 11.8 Å². The van der Waals surface area contributed by atoms with Crippen molar-refractivity contribution in [3.05, 3.63) is 102 Å². The lowest BCUT2D eigenvalue weighted by atomic mass is 10.1. The van der Waals surface area contributed by atoms with E-state index in [0.717, 1.165) is 16.8 Å². The maximum Gasteiger partial charge on any atom is 0.255 e. The highest BCUT2D eigenvalue weighted by Crippen LogP contribution is 2.11. The molecule has 0 fully saturated rings. The maximum absolute atomic E-state index is 12.1. The van der Waals surface area contributed by atoms with Crippen molar-refractivity contribution in [2.45, 2.75) is 0 Å². The molecule has 0 spiro atoms. The average Bonchev–Trinajstić information content (AvgIpc) is 2.63. The number of hydrogen-bond donors (Lipinski definition) is 1. The summed E-state index contributed by atoms with van der Waals surface area (Å²) >= 11 is 0. The molecule has 3 aromatic rings. The first kappa shape index (κ1) is 14.6. The van der Waals surface area contributed by atoms with Gasteiger partial charge in [-0.2, -0.15) is 0 Å². The summed E-state index contributed by atoms with van der Waals surface area (Å²) in [5.41, 5.74) is 3.28. The molecule has 0 unspecified atom stereocenters. The van der Waals surface area contributed by atoms with Crippen LogP contribution in [0.4, 0.5) is 5.69 Å². The molecule has 0 bridgehead atoms. The molecule has 0 aliphatic rings. The standard InChI is InChI=1S/C21H15NO/c23-21(19-9-5-2-6-10-19)22-20-15-13-18(14-16-20)12-11-17-7-3-1-4-8-17/h1-10,13-16H,(H,22,23). The number of nitrogens with one attached hydrogen (secondary N) is 1. The predicted octanol–water partition coefficient (Wildman–Crippen LogP) is 4.34. The molecule has 0 heterocycles. The van der Waals surface area contributed by atoms with Crippen LogP contribution in [0.5, 0.6) is 0 Å². The second kappa shape index (κ2) is 7.11. The minimum atomic E-state index is -0.117. The molecule has 3 aromatic carbocycles. The Bertz CT molecular complexity index is 841. The summed E-state index contributed by atoms with van der Waals surface area (Å²) in [6, 6.07) is 26.5. The van der Waals surface area contributed by atoms with E-state index in [-0.39, 0.29) is 5.91 Å². The highest BCUT2D eigenvalue weighted by molar-refractivity contribution is 6.04. The number of hydrogen-bond acceptors (Lipinski definition) is 1. The monoisotopic (exact) mass is 297 g/mol. The van der Waals surface area contributed by atoms with Crippen molar-refractivity contribution in [1.29, 1.82) is 0 Å². The molecule has 0 aliphatic heterocycles. The number of carbonyl (C=O) groups excluding carboxylic acids is 1. The molecule has 0 radical (unpaired) electrons. The average molecular weight is 297 g/mol. The van der Waals surface area contributed by atoms with E-state index in [1.807, 2.05) is 72.8 Å². The van der Waals surface area contributed by atoms with E-state index >= 15 is 0 Å². The van der Waals surface area contributed by atoms with Gasteiger partial charge in [-0.1, -0.05) is 48.2 Å². The molecular weight excluding hydrogens is 282 g/mol. The van der Waals surface area contributed by atoms with Crippen LogP contribution in [0, 0.1) is 11.8 Å². The van der Waals surface area contributed by atoms with Crippen LogP contribution < -0.4 is 5.32 Å². The Morgan fingerprint density at radius 3 is 1.78 bits per heavy atom. The Morgan fingerprint density at radius 1 is 0.652 bits per heavy atom. The molecule has 0 atom stereocenters. The molecule has 2 heteroatoms. The van der Waals surface area contributed by atoms with Crippen LogP contribution >= 0.6 is 0 Å². The summed E-state index contributed by atoms with van der Waals surface area (Å²) < 4.78 is 0. The van der Waals surface area contributed by atoms with Gasteiger partial charge < -0.3 is 5.32 Å². The van der Waals surface area contributed by atoms with Crippen molar-refractivity contribution in [1.82, 2.24) is 0 Å². The van der Waals surface area contributed by atoms with Gasteiger partial charge in [-0.3, -0.25) is 4.79 Å². The van der Waals surface area contributed by atoms with E-state index in [0.29, 0.717) is 5.56 Å². The Kier molecular flexibility index (Phi) is 4.52. The molecule has 0 saturated heterocycles. The Labute approximate surface area is 135 Å². The Hall–Kier alpha value is -3.31. The Balaban J connectivity index is 1.68. The van der Waals surface area contributed by atoms with Gasteiger partial charge in [0.2, 0.25) is 0 Å². The molecule has 0 aromatic heterocycles. The van der Waals surface area contributed by atoms with Gasteiger partial charge in [-0.15, -0.1) is 0 Å². The van der Waals surface area contributed by atoms with E-state index in [9.17, 15) is 4.79 Å². The van der Waals surface area contributed by atoms with Crippen molar-refractivity contribution in [2.24, 2.45) is 0 Å². The largest absolute Gasteiger partial charge is 0.322 e. The van der Waals surface area contributed by atoms with Gasteiger partial charge in [-0.05, 0) is 48.5 Å². The number of carbonyl (C=O) groups is 1. The van der Waals surface area contributed by atoms with Crippen LogP contribution in [0.1, 0.15) is 21.5 Å². The van der Waals surface area contributed by atoms with Gasteiger partial charge in [-0.25, -0.2) is 0 Å². The highest BCUT2D eigenvalue weighted by atomic mass is 16.1. The lowest BCUT2D eigenvalue weighted by Gasteiger charge is -2.05. The zero-order valence-corrected chi connectivity index (χ0v) is 12.5. The summed E-state index contributed by atoms with van der Waals surface area (Å²) in [6.45, 7) is 0. The zero-order chi connectivity index (χ0) is 15.9. The molecule has 0 aliphatic carbocycles. The van der Waals surface area contributed by atoms with Gasteiger partial charge in [0.1, 0.15) is 0 Å². The first-order valence-corrected chi connectivity index (χ1v) is 7.35. The number of anilines is 1. The van der Waals surface area contributed by atoms with Gasteiger partial charge in [0.25, 0.3) is 5.91 Å². The molecule has 1 N–H and O–H groups in total. The van der Waals surface area contributed by atoms with Gasteiger partial charge in [0, 0.05) is 22.4 Å². The smallest absolute Gasteiger partial charge is 0.255 e. The van der Waals surface area contributed by atoms with Crippen LogP contribution in [0.25, 0.3) is 0 Å². The van der Waals surface area contributed by atoms with Crippen molar-refractivity contribution in [3.63, 3.8) is 0 Å². The summed E-state index contributed by atoms with van der Waals surface area (Å²) in [4.78, 5) is 12.1. The highest BCUT2D eigenvalue weighted by Gasteiger charge is 2.04. The zero-order valence-electron chi connectivity index (χ0n) is 12.5. The van der Waals surface area contributed by atoms with E-state index < -0.39 is 0 Å². The van der Waals surface area contributed by atoms with Crippen LogP contribution in [0.2, 0.25) is 0 Å². The molecule has 23 heavy (non-hydrogen) atoms. The quantitative estimate of drug-likeness (QED) is 0.700. The predicted molar refractivity (Wildman–Crippen MR) is 93.3 cm³/mol. The number of benzene rings is 3. The van der Waals surface area contributed by atoms with E-state index in [4.69, 9.17) is 0 Å². The third kappa shape index (κ3) is 4.09. The molecular formula is C21H15NO. The second-order valence-corrected chi connectivity index (χ2v) is 5.01. The fourth-order valence-corrected chi connectivity index (χ4v) is 2.10. The van der Waals surface area contributed by atoms with E-state index in [2.05, 4.69) is 17.2 Å². The van der Waals surface area contributed by atoms with E-state index in [1.165, 1.54) is 0 Å².